The Bertz CT molecular complexity index is 1290. The molecule has 5 aromatic rings. The monoisotopic (exact) mass is 396 g/mol. The number of carbonyl (C=O) groups is 1. The highest BCUT2D eigenvalue weighted by molar-refractivity contribution is 6.07. The number of para-hydroxylation sites is 1. The molecular formula is C25H20N2O3. The molecule has 2 aromatic heterocycles. The highest BCUT2D eigenvalue weighted by atomic mass is 16.3. The molecule has 148 valence electrons. The Morgan fingerprint density at radius 3 is 2.47 bits per heavy atom. The van der Waals surface area contributed by atoms with Crippen molar-refractivity contribution in [3.05, 3.63) is 103 Å². The number of anilines is 1. The molecule has 1 atom stereocenters. The average Bonchev–Trinajstić information content (AvgIpc) is 3.43. The van der Waals surface area contributed by atoms with E-state index in [2.05, 4.69) is 10.6 Å². The quantitative estimate of drug-likeness (QED) is 0.398. The van der Waals surface area contributed by atoms with E-state index in [1.807, 2.05) is 84.9 Å². The molecule has 0 saturated heterocycles. The van der Waals surface area contributed by atoms with Crippen LogP contribution >= 0.6 is 0 Å². The fourth-order valence-corrected chi connectivity index (χ4v) is 3.69. The molecule has 0 spiro atoms. The number of amides is 1. The van der Waals surface area contributed by atoms with Crippen LogP contribution in [0.25, 0.3) is 21.9 Å². The normalized spacial score (nSPS) is 12.3. The molecule has 30 heavy (non-hydrogen) atoms. The minimum atomic E-state index is -0.202. The molecule has 2 heterocycles. The van der Waals surface area contributed by atoms with Crippen molar-refractivity contribution in [1.82, 2.24) is 5.32 Å². The molecular weight excluding hydrogens is 376 g/mol. The van der Waals surface area contributed by atoms with Gasteiger partial charge in [-0.15, -0.1) is 0 Å². The predicted molar refractivity (Wildman–Crippen MR) is 117 cm³/mol. The molecule has 0 saturated carbocycles. The van der Waals surface area contributed by atoms with Gasteiger partial charge >= 0.3 is 0 Å². The Morgan fingerprint density at radius 2 is 1.63 bits per heavy atom. The van der Waals surface area contributed by atoms with E-state index < -0.39 is 0 Å². The molecule has 0 aliphatic heterocycles. The maximum absolute atomic E-state index is 12.6. The lowest BCUT2D eigenvalue weighted by Gasteiger charge is -2.17. The second kappa shape index (κ2) is 7.89. The Hall–Kier alpha value is -3.83. The number of rotatable bonds is 6. The maximum Gasteiger partial charge on any atom is 0.238 e. The van der Waals surface area contributed by atoms with Gasteiger partial charge in [-0.2, -0.15) is 0 Å². The van der Waals surface area contributed by atoms with Crippen LogP contribution in [0.1, 0.15) is 17.4 Å². The number of furan rings is 2. The van der Waals surface area contributed by atoms with Crippen LogP contribution in [-0.2, 0) is 4.79 Å². The van der Waals surface area contributed by atoms with Gasteiger partial charge in [-0.25, -0.2) is 0 Å². The third kappa shape index (κ3) is 3.58. The number of hydrogen-bond acceptors (Lipinski definition) is 4. The van der Waals surface area contributed by atoms with E-state index in [0.29, 0.717) is 0 Å². The van der Waals surface area contributed by atoms with Gasteiger partial charge < -0.3 is 14.2 Å². The average molecular weight is 396 g/mol. The topological polar surface area (TPSA) is 67.4 Å². The van der Waals surface area contributed by atoms with E-state index in [0.717, 1.165) is 38.9 Å². The van der Waals surface area contributed by atoms with E-state index >= 15 is 0 Å². The van der Waals surface area contributed by atoms with Crippen LogP contribution in [0.15, 0.2) is 100 Å². The van der Waals surface area contributed by atoms with Gasteiger partial charge in [0.15, 0.2) is 0 Å². The Morgan fingerprint density at radius 1 is 0.833 bits per heavy atom. The summed E-state index contributed by atoms with van der Waals surface area (Å²) in [5.41, 5.74) is 3.40. The molecule has 1 amide bonds. The van der Waals surface area contributed by atoms with Gasteiger partial charge in [0.05, 0.1) is 18.8 Å². The Kier molecular flexibility index (Phi) is 4.79. The molecule has 3 aromatic carbocycles. The van der Waals surface area contributed by atoms with Gasteiger partial charge in [0.1, 0.15) is 16.9 Å². The van der Waals surface area contributed by atoms with Crippen molar-refractivity contribution in [2.24, 2.45) is 0 Å². The third-order valence-corrected chi connectivity index (χ3v) is 5.09. The summed E-state index contributed by atoms with van der Waals surface area (Å²) in [6.45, 7) is 0.143. The summed E-state index contributed by atoms with van der Waals surface area (Å²) in [5.74, 6) is 0.634. The van der Waals surface area contributed by atoms with Gasteiger partial charge in [-0.05, 0) is 42.0 Å². The summed E-state index contributed by atoms with van der Waals surface area (Å²) in [4.78, 5) is 12.6. The fourth-order valence-electron chi connectivity index (χ4n) is 3.69. The van der Waals surface area contributed by atoms with Crippen LogP contribution in [0.5, 0.6) is 0 Å². The summed E-state index contributed by atoms with van der Waals surface area (Å²) >= 11 is 0. The van der Waals surface area contributed by atoms with Crippen molar-refractivity contribution < 1.29 is 13.6 Å². The molecule has 5 rings (SSSR count). The maximum atomic E-state index is 12.6. The van der Waals surface area contributed by atoms with Gasteiger partial charge in [-0.3, -0.25) is 10.1 Å². The molecule has 0 fully saturated rings. The third-order valence-electron chi connectivity index (χ3n) is 5.09. The zero-order chi connectivity index (χ0) is 20.3. The minimum Gasteiger partial charge on any atom is -0.467 e. The molecule has 0 bridgehead atoms. The first-order valence-corrected chi connectivity index (χ1v) is 9.81. The number of nitrogens with one attached hydrogen (secondary N) is 2. The largest absolute Gasteiger partial charge is 0.467 e. The lowest BCUT2D eigenvalue weighted by atomic mass is 10.0. The Labute approximate surface area is 173 Å². The summed E-state index contributed by atoms with van der Waals surface area (Å²) in [6, 6.07) is 27.0. The van der Waals surface area contributed by atoms with Crippen molar-refractivity contribution in [2.45, 2.75) is 6.04 Å². The molecule has 0 aliphatic rings. The van der Waals surface area contributed by atoms with Gasteiger partial charge in [0.2, 0.25) is 5.91 Å². The highest BCUT2D eigenvalue weighted by Gasteiger charge is 2.17. The second-order valence-corrected chi connectivity index (χ2v) is 7.10. The molecule has 0 unspecified atom stereocenters. The van der Waals surface area contributed by atoms with Crippen LogP contribution in [0, 0.1) is 0 Å². The first-order chi connectivity index (χ1) is 14.8. The van der Waals surface area contributed by atoms with Gasteiger partial charge in [-0.1, -0.05) is 48.5 Å². The van der Waals surface area contributed by atoms with Crippen molar-refractivity contribution in [3.8, 4) is 0 Å². The SMILES string of the molecule is O=C(CN[C@H](c1ccccc1)c1ccco1)Nc1ccc2oc3ccccc3c2c1. The van der Waals surface area contributed by atoms with Crippen LogP contribution in [0.4, 0.5) is 5.69 Å². The number of fused-ring (bicyclic) bond motifs is 3. The van der Waals surface area contributed by atoms with E-state index in [1.54, 1.807) is 6.26 Å². The van der Waals surface area contributed by atoms with E-state index in [1.165, 1.54) is 0 Å². The highest BCUT2D eigenvalue weighted by Crippen LogP contribution is 2.30. The van der Waals surface area contributed by atoms with Crippen molar-refractivity contribution in [3.63, 3.8) is 0 Å². The summed E-state index contributed by atoms with van der Waals surface area (Å²) in [5, 5.41) is 8.27. The van der Waals surface area contributed by atoms with E-state index in [-0.39, 0.29) is 18.5 Å². The summed E-state index contributed by atoms with van der Waals surface area (Å²) < 4.78 is 11.4. The molecule has 5 nitrogen and oxygen atoms in total. The summed E-state index contributed by atoms with van der Waals surface area (Å²) in [6.07, 6.45) is 1.64. The molecule has 5 heteroatoms. The van der Waals surface area contributed by atoms with Crippen LogP contribution in [0.2, 0.25) is 0 Å². The number of carbonyl (C=O) groups excluding carboxylic acids is 1. The zero-order valence-corrected chi connectivity index (χ0v) is 16.2. The lowest BCUT2D eigenvalue weighted by Crippen LogP contribution is -2.31. The van der Waals surface area contributed by atoms with Crippen molar-refractivity contribution >= 4 is 33.5 Å². The standard InChI is InChI=1S/C25H20N2O3/c28-24(16-26-25(23-11-6-14-29-23)17-7-2-1-3-8-17)27-18-12-13-22-20(15-18)19-9-4-5-10-21(19)30-22/h1-15,25-26H,16H2,(H,27,28)/t25-/m1/s1. The van der Waals surface area contributed by atoms with Gasteiger partial charge in [0.25, 0.3) is 0 Å². The predicted octanol–water partition coefficient (Wildman–Crippen LogP) is 5.50. The van der Waals surface area contributed by atoms with Gasteiger partial charge in [0, 0.05) is 16.5 Å². The summed E-state index contributed by atoms with van der Waals surface area (Å²) in [7, 11) is 0. The molecule has 2 N–H and O–H groups in total. The van der Waals surface area contributed by atoms with Crippen molar-refractivity contribution in [1.29, 1.82) is 0 Å². The Balaban J connectivity index is 1.32. The molecule has 0 aliphatic carbocycles. The van der Waals surface area contributed by atoms with E-state index in [9.17, 15) is 4.79 Å². The first-order valence-electron chi connectivity index (χ1n) is 9.81. The second-order valence-electron chi connectivity index (χ2n) is 7.10. The smallest absolute Gasteiger partial charge is 0.238 e. The van der Waals surface area contributed by atoms with Crippen LogP contribution in [-0.4, -0.2) is 12.5 Å². The van der Waals surface area contributed by atoms with Crippen LogP contribution < -0.4 is 10.6 Å². The zero-order valence-electron chi connectivity index (χ0n) is 16.2. The number of benzene rings is 3. The minimum absolute atomic E-state index is 0.130. The van der Waals surface area contributed by atoms with Crippen LogP contribution in [0.3, 0.4) is 0 Å². The lowest BCUT2D eigenvalue weighted by molar-refractivity contribution is -0.115. The first kappa shape index (κ1) is 18.2. The van der Waals surface area contributed by atoms with E-state index in [4.69, 9.17) is 8.83 Å². The number of hydrogen-bond donors (Lipinski definition) is 2. The molecule has 0 radical (unpaired) electrons. The van der Waals surface area contributed by atoms with Crippen molar-refractivity contribution in [2.75, 3.05) is 11.9 Å². The fraction of sp³-hybridized carbons (Fsp3) is 0.0800.